The fourth-order valence-electron chi connectivity index (χ4n) is 2.26. The van der Waals surface area contributed by atoms with E-state index < -0.39 is 12.2 Å². The van der Waals surface area contributed by atoms with Crippen LogP contribution in [0.15, 0.2) is 18.2 Å². The quantitative estimate of drug-likeness (QED) is 0.786. The van der Waals surface area contributed by atoms with Gasteiger partial charge in [-0.3, -0.25) is 4.90 Å². The number of ether oxygens (including phenoxy) is 2. The van der Waals surface area contributed by atoms with Crippen molar-refractivity contribution in [1.82, 2.24) is 0 Å². The van der Waals surface area contributed by atoms with Crippen LogP contribution in [0.2, 0.25) is 0 Å². The molecule has 0 radical (unpaired) electrons. The Hall–Kier alpha value is -2.26. The monoisotopic (exact) mass is 246 g/mol. The van der Waals surface area contributed by atoms with E-state index in [1.807, 2.05) is 6.07 Å². The summed E-state index contributed by atoms with van der Waals surface area (Å²) in [6, 6.07) is 6.55. The molecule has 1 aromatic rings. The van der Waals surface area contributed by atoms with Crippen molar-refractivity contribution < 1.29 is 19.4 Å². The van der Waals surface area contributed by atoms with Crippen LogP contribution in [0.5, 0.6) is 5.75 Å². The molecule has 0 unspecified atom stereocenters. The maximum absolute atomic E-state index is 11.8. The van der Waals surface area contributed by atoms with Gasteiger partial charge >= 0.3 is 6.09 Å². The van der Waals surface area contributed by atoms with Crippen molar-refractivity contribution >= 4 is 11.8 Å². The number of fused-ring (bicyclic) bond motifs is 3. The van der Waals surface area contributed by atoms with Crippen LogP contribution in [0.4, 0.5) is 10.5 Å². The molecule has 2 aliphatic heterocycles. The highest BCUT2D eigenvalue weighted by Gasteiger charge is 2.46. The van der Waals surface area contributed by atoms with Gasteiger partial charge < -0.3 is 14.6 Å². The van der Waals surface area contributed by atoms with E-state index in [0.29, 0.717) is 17.0 Å². The number of carbonyl (C=O) groups is 1. The highest BCUT2D eigenvalue weighted by atomic mass is 16.6. The summed E-state index contributed by atoms with van der Waals surface area (Å²) in [7, 11) is 0. The van der Waals surface area contributed by atoms with Gasteiger partial charge in [0.15, 0.2) is 6.10 Å². The van der Waals surface area contributed by atoms with Gasteiger partial charge in [-0.05, 0) is 12.1 Å². The molecule has 0 spiro atoms. The average molecular weight is 246 g/mol. The minimum absolute atomic E-state index is 0.234. The van der Waals surface area contributed by atoms with Gasteiger partial charge in [0.2, 0.25) is 0 Å². The third kappa shape index (κ3) is 1.41. The van der Waals surface area contributed by atoms with Crippen molar-refractivity contribution in [2.45, 2.75) is 12.1 Å². The number of cyclic esters (lactones) is 1. The molecule has 0 aliphatic carbocycles. The third-order valence-electron chi connectivity index (χ3n) is 3.15. The Kier molecular flexibility index (Phi) is 2.35. The number of hydrogen-bond donors (Lipinski definition) is 1. The summed E-state index contributed by atoms with van der Waals surface area (Å²) in [5, 5.41) is 18.0. The number of carbonyl (C=O) groups excluding carboxylic acids is 1. The van der Waals surface area contributed by atoms with E-state index in [-0.39, 0.29) is 19.3 Å². The molecule has 1 N–H and O–H groups in total. The Balaban J connectivity index is 2.03. The number of amides is 1. The van der Waals surface area contributed by atoms with Gasteiger partial charge in [-0.15, -0.1) is 0 Å². The fraction of sp³-hybridized carbons (Fsp3) is 0.333. The molecule has 6 nitrogen and oxygen atoms in total. The normalized spacial score (nSPS) is 24.7. The molecule has 2 atom stereocenters. The van der Waals surface area contributed by atoms with Gasteiger partial charge in [0.05, 0.1) is 23.9 Å². The zero-order chi connectivity index (χ0) is 12.7. The summed E-state index contributed by atoms with van der Waals surface area (Å²) in [6.07, 6.45) is -1.06. The first-order valence-electron chi connectivity index (χ1n) is 5.52. The number of rotatable bonds is 1. The van der Waals surface area contributed by atoms with Crippen molar-refractivity contribution in [1.29, 1.82) is 5.26 Å². The lowest BCUT2D eigenvalue weighted by Gasteiger charge is -2.30. The zero-order valence-electron chi connectivity index (χ0n) is 9.37. The van der Waals surface area contributed by atoms with Crippen molar-refractivity contribution in [3.05, 3.63) is 23.8 Å². The Bertz CT molecular complexity index is 551. The SMILES string of the molecule is N#Cc1ccc2c(c1)OC[C@H]1[C@H](CO)OC(=O)N21. The van der Waals surface area contributed by atoms with E-state index in [9.17, 15) is 4.79 Å². The number of aliphatic hydroxyl groups excluding tert-OH is 1. The lowest BCUT2D eigenvalue weighted by Crippen LogP contribution is -2.45. The van der Waals surface area contributed by atoms with Gasteiger partial charge in [0.25, 0.3) is 0 Å². The first-order chi connectivity index (χ1) is 8.74. The Labute approximate surface area is 103 Å². The Morgan fingerprint density at radius 2 is 2.39 bits per heavy atom. The molecule has 2 aliphatic rings. The van der Waals surface area contributed by atoms with Crippen molar-refractivity contribution in [3.63, 3.8) is 0 Å². The second-order valence-electron chi connectivity index (χ2n) is 4.15. The summed E-state index contributed by atoms with van der Waals surface area (Å²) < 4.78 is 10.6. The van der Waals surface area contributed by atoms with Crippen molar-refractivity contribution in [2.24, 2.45) is 0 Å². The zero-order valence-corrected chi connectivity index (χ0v) is 9.37. The molecular weight excluding hydrogens is 236 g/mol. The molecular formula is C12H10N2O4. The summed E-state index contributed by atoms with van der Waals surface area (Å²) in [4.78, 5) is 13.2. The van der Waals surface area contributed by atoms with E-state index in [1.54, 1.807) is 18.2 Å². The molecule has 1 amide bonds. The molecule has 0 bridgehead atoms. The number of anilines is 1. The van der Waals surface area contributed by atoms with Crippen LogP contribution in [0.1, 0.15) is 5.56 Å². The summed E-state index contributed by atoms with van der Waals surface area (Å²) in [5.74, 6) is 0.487. The smallest absolute Gasteiger partial charge is 0.415 e. The van der Waals surface area contributed by atoms with Crippen LogP contribution in [0, 0.1) is 11.3 Å². The van der Waals surface area contributed by atoms with Crippen LogP contribution >= 0.6 is 0 Å². The van der Waals surface area contributed by atoms with Gasteiger partial charge in [0.1, 0.15) is 18.4 Å². The molecule has 18 heavy (non-hydrogen) atoms. The predicted octanol–water partition coefficient (Wildman–Crippen LogP) is 0.637. The van der Waals surface area contributed by atoms with Crippen LogP contribution < -0.4 is 9.64 Å². The first kappa shape index (κ1) is 10.9. The number of benzene rings is 1. The number of aliphatic hydroxyl groups is 1. The van der Waals surface area contributed by atoms with Gasteiger partial charge in [-0.25, -0.2) is 4.79 Å². The number of nitrogens with zero attached hydrogens (tertiary/aromatic N) is 2. The van der Waals surface area contributed by atoms with Crippen LogP contribution in [-0.2, 0) is 4.74 Å². The fourth-order valence-corrected chi connectivity index (χ4v) is 2.26. The maximum Gasteiger partial charge on any atom is 0.415 e. The Morgan fingerprint density at radius 3 is 3.11 bits per heavy atom. The van der Waals surface area contributed by atoms with E-state index in [4.69, 9.17) is 19.8 Å². The lowest BCUT2D eigenvalue weighted by molar-refractivity contribution is 0.0734. The summed E-state index contributed by atoms with van der Waals surface area (Å²) in [6.45, 7) is 0.0146. The minimum Gasteiger partial charge on any atom is -0.489 e. The highest BCUT2D eigenvalue weighted by molar-refractivity contribution is 5.93. The molecule has 92 valence electrons. The molecule has 1 aromatic carbocycles. The highest BCUT2D eigenvalue weighted by Crippen LogP contribution is 2.38. The third-order valence-corrected chi connectivity index (χ3v) is 3.15. The number of hydrogen-bond acceptors (Lipinski definition) is 5. The van der Waals surface area contributed by atoms with Crippen LogP contribution in [0.25, 0.3) is 0 Å². The van der Waals surface area contributed by atoms with Crippen molar-refractivity contribution in [3.8, 4) is 11.8 Å². The molecule has 0 aromatic heterocycles. The summed E-state index contributed by atoms with van der Waals surface area (Å²) in [5.41, 5.74) is 1.05. The predicted molar refractivity (Wildman–Crippen MR) is 60.3 cm³/mol. The van der Waals surface area contributed by atoms with E-state index in [0.717, 1.165) is 0 Å². The lowest BCUT2D eigenvalue weighted by atomic mass is 10.1. The minimum atomic E-state index is -0.568. The molecule has 3 rings (SSSR count). The molecule has 0 saturated carbocycles. The standard InChI is InChI=1S/C12H10N2O4/c13-4-7-1-2-8-10(3-7)17-6-9-11(5-15)18-12(16)14(8)9/h1-3,9,11,15H,5-6H2/t9-,11-/m0/s1. The van der Waals surface area contributed by atoms with Crippen LogP contribution in [0.3, 0.4) is 0 Å². The topological polar surface area (TPSA) is 82.8 Å². The van der Waals surface area contributed by atoms with Gasteiger partial charge in [-0.1, -0.05) is 0 Å². The summed E-state index contributed by atoms with van der Waals surface area (Å²) >= 11 is 0. The maximum atomic E-state index is 11.8. The molecule has 1 saturated heterocycles. The Morgan fingerprint density at radius 1 is 1.56 bits per heavy atom. The molecule has 2 heterocycles. The second kappa shape index (κ2) is 3.89. The van der Waals surface area contributed by atoms with Crippen LogP contribution in [-0.4, -0.2) is 36.6 Å². The molecule has 6 heteroatoms. The number of nitriles is 1. The van der Waals surface area contributed by atoms with Gasteiger partial charge in [0, 0.05) is 6.07 Å². The average Bonchev–Trinajstić information content (AvgIpc) is 2.75. The molecule has 1 fully saturated rings. The van der Waals surface area contributed by atoms with Crippen molar-refractivity contribution in [2.75, 3.05) is 18.1 Å². The first-order valence-corrected chi connectivity index (χ1v) is 5.52. The van der Waals surface area contributed by atoms with Gasteiger partial charge in [-0.2, -0.15) is 5.26 Å². The van der Waals surface area contributed by atoms with E-state index >= 15 is 0 Å². The van der Waals surface area contributed by atoms with E-state index in [1.165, 1.54) is 4.90 Å². The largest absolute Gasteiger partial charge is 0.489 e. The van der Waals surface area contributed by atoms with E-state index in [2.05, 4.69) is 0 Å². The second-order valence-corrected chi connectivity index (χ2v) is 4.15.